The van der Waals surface area contributed by atoms with Crippen molar-refractivity contribution in [1.29, 1.82) is 0 Å². The highest BCUT2D eigenvalue weighted by Gasteiger charge is 2.02. The SMILES string of the molecule is CCc1cccc(Cl)c1CCl. The fraction of sp³-hybridized carbons (Fsp3) is 0.333. The summed E-state index contributed by atoms with van der Waals surface area (Å²) in [4.78, 5) is 0. The van der Waals surface area contributed by atoms with Gasteiger partial charge in [0.15, 0.2) is 0 Å². The third-order valence-electron chi connectivity index (χ3n) is 1.73. The minimum Gasteiger partial charge on any atom is -0.121 e. The van der Waals surface area contributed by atoms with E-state index in [-0.39, 0.29) is 0 Å². The van der Waals surface area contributed by atoms with Crippen LogP contribution in [0.1, 0.15) is 18.1 Å². The van der Waals surface area contributed by atoms with Crippen LogP contribution in [0, 0.1) is 0 Å². The molecular weight excluding hydrogens is 179 g/mol. The number of rotatable bonds is 2. The van der Waals surface area contributed by atoms with Crippen LogP contribution in [0.2, 0.25) is 5.02 Å². The minimum atomic E-state index is 0.503. The molecule has 60 valence electrons. The van der Waals surface area contributed by atoms with Crippen molar-refractivity contribution in [2.75, 3.05) is 0 Å². The molecule has 0 atom stereocenters. The Hall–Kier alpha value is -0.200. The van der Waals surface area contributed by atoms with Crippen molar-refractivity contribution < 1.29 is 0 Å². The molecule has 0 aromatic heterocycles. The molecule has 0 fully saturated rings. The van der Waals surface area contributed by atoms with Gasteiger partial charge in [0.25, 0.3) is 0 Å². The summed E-state index contributed by atoms with van der Waals surface area (Å²) >= 11 is 11.7. The summed E-state index contributed by atoms with van der Waals surface area (Å²) in [6, 6.07) is 5.89. The molecule has 0 radical (unpaired) electrons. The van der Waals surface area contributed by atoms with E-state index in [1.807, 2.05) is 12.1 Å². The van der Waals surface area contributed by atoms with Crippen molar-refractivity contribution in [2.45, 2.75) is 19.2 Å². The van der Waals surface area contributed by atoms with Gasteiger partial charge in [-0.3, -0.25) is 0 Å². The maximum absolute atomic E-state index is 5.92. The summed E-state index contributed by atoms with van der Waals surface area (Å²) < 4.78 is 0. The lowest BCUT2D eigenvalue weighted by molar-refractivity contribution is 1.10. The first-order chi connectivity index (χ1) is 5.29. The van der Waals surface area contributed by atoms with E-state index in [4.69, 9.17) is 23.2 Å². The van der Waals surface area contributed by atoms with E-state index in [0.29, 0.717) is 5.88 Å². The molecular formula is C9H10Cl2. The molecule has 11 heavy (non-hydrogen) atoms. The second-order valence-corrected chi connectivity index (χ2v) is 3.04. The second-order valence-electron chi connectivity index (χ2n) is 2.36. The third-order valence-corrected chi connectivity index (χ3v) is 2.35. The molecule has 0 N–H and O–H groups in total. The van der Waals surface area contributed by atoms with Gasteiger partial charge in [-0.2, -0.15) is 0 Å². The summed E-state index contributed by atoms with van der Waals surface area (Å²) in [5.74, 6) is 0.503. The molecule has 0 nitrogen and oxygen atoms in total. The summed E-state index contributed by atoms with van der Waals surface area (Å²) in [5, 5.41) is 0.777. The molecule has 0 spiro atoms. The van der Waals surface area contributed by atoms with Gasteiger partial charge in [-0.1, -0.05) is 30.7 Å². The van der Waals surface area contributed by atoms with E-state index in [1.165, 1.54) is 5.56 Å². The summed E-state index contributed by atoms with van der Waals surface area (Å²) in [6.45, 7) is 2.10. The topological polar surface area (TPSA) is 0 Å². The Kier molecular flexibility index (Phi) is 3.22. The van der Waals surface area contributed by atoms with Gasteiger partial charge in [0.2, 0.25) is 0 Å². The van der Waals surface area contributed by atoms with Crippen molar-refractivity contribution in [3.63, 3.8) is 0 Å². The van der Waals surface area contributed by atoms with Gasteiger partial charge in [-0.05, 0) is 23.6 Å². The Morgan fingerprint density at radius 1 is 1.36 bits per heavy atom. The van der Waals surface area contributed by atoms with Crippen LogP contribution in [0.4, 0.5) is 0 Å². The molecule has 1 aromatic carbocycles. The van der Waals surface area contributed by atoms with Crippen molar-refractivity contribution in [1.82, 2.24) is 0 Å². The Labute approximate surface area is 77.1 Å². The number of halogens is 2. The molecule has 2 heteroatoms. The van der Waals surface area contributed by atoms with Crippen LogP contribution in [0.5, 0.6) is 0 Å². The molecule has 0 saturated carbocycles. The van der Waals surface area contributed by atoms with Gasteiger partial charge in [-0.25, -0.2) is 0 Å². The van der Waals surface area contributed by atoms with Crippen LogP contribution in [0.25, 0.3) is 0 Å². The first-order valence-electron chi connectivity index (χ1n) is 3.61. The van der Waals surface area contributed by atoms with Gasteiger partial charge in [-0.15, -0.1) is 11.6 Å². The van der Waals surface area contributed by atoms with Gasteiger partial charge >= 0.3 is 0 Å². The number of hydrogen-bond donors (Lipinski definition) is 0. The number of benzene rings is 1. The van der Waals surface area contributed by atoms with E-state index in [2.05, 4.69) is 13.0 Å². The predicted octanol–water partition coefficient (Wildman–Crippen LogP) is 3.64. The molecule has 0 unspecified atom stereocenters. The van der Waals surface area contributed by atoms with Gasteiger partial charge in [0.05, 0.1) is 0 Å². The highest BCUT2D eigenvalue weighted by molar-refractivity contribution is 6.32. The zero-order valence-corrected chi connectivity index (χ0v) is 7.91. The molecule has 0 bridgehead atoms. The van der Waals surface area contributed by atoms with E-state index < -0.39 is 0 Å². The maximum atomic E-state index is 5.92. The van der Waals surface area contributed by atoms with Crippen molar-refractivity contribution in [3.8, 4) is 0 Å². The standard InChI is InChI=1S/C9H10Cl2/c1-2-7-4-3-5-9(11)8(7)6-10/h3-5H,2,6H2,1H3. The van der Waals surface area contributed by atoms with Crippen molar-refractivity contribution in [3.05, 3.63) is 34.3 Å². The fourth-order valence-corrected chi connectivity index (χ4v) is 1.73. The largest absolute Gasteiger partial charge is 0.121 e. The predicted molar refractivity (Wildman–Crippen MR) is 50.4 cm³/mol. The normalized spacial score (nSPS) is 10.1. The van der Waals surface area contributed by atoms with Crippen LogP contribution < -0.4 is 0 Å². The molecule has 0 aliphatic rings. The minimum absolute atomic E-state index is 0.503. The van der Waals surface area contributed by atoms with Crippen molar-refractivity contribution in [2.24, 2.45) is 0 Å². The molecule has 0 saturated heterocycles. The third kappa shape index (κ3) is 1.88. The van der Waals surface area contributed by atoms with E-state index in [1.54, 1.807) is 0 Å². The van der Waals surface area contributed by atoms with Gasteiger partial charge in [0.1, 0.15) is 0 Å². The quantitative estimate of drug-likeness (QED) is 0.623. The van der Waals surface area contributed by atoms with Crippen LogP contribution in [-0.2, 0) is 12.3 Å². The van der Waals surface area contributed by atoms with E-state index in [0.717, 1.165) is 17.0 Å². The maximum Gasteiger partial charge on any atom is 0.0491 e. The lowest BCUT2D eigenvalue weighted by atomic mass is 10.1. The molecule has 0 aliphatic heterocycles. The Morgan fingerprint density at radius 2 is 2.09 bits per heavy atom. The number of alkyl halides is 1. The van der Waals surface area contributed by atoms with Crippen LogP contribution in [0.3, 0.4) is 0 Å². The van der Waals surface area contributed by atoms with Crippen LogP contribution in [-0.4, -0.2) is 0 Å². The highest BCUT2D eigenvalue weighted by atomic mass is 35.5. The second kappa shape index (κ2) is 3.99. The Balaban J connectivity index is 3.13. The lowest BCUT2D eigenvalue weighted by Gasteiger charge is -2.05. The van der Waals surface area contributed by atoms with Crippen LogP contribution in [0.15, 0.2) is 18.2 Å². The average Bonchev–Trinajstić information content (AvgIpc) is 2.04. The monoisotopic (exact) mass is 188 g/mol. The first-order valence-corrected chi connectivity index (χ1v) is 4.53. The molecule has 0 amide bonds. The van der Waals surface area contributed by atoms with E-state index >= 15 is 0 Å². The fourth-order valence-electron chi connectivity index (χ4n) is 1.08. The van der Waals surface area contributed by atoms with Crippen LogP contribution >= 0.6 is 23.2 Å². The molecule has 1 aromatic rings. The van der Waals surface area contributed by atoms with Gasteiger partial charge < -0.3 is 0 Å². The Morgan fingerprint density at radius 3 is 2.55 bits per heavy atom. The van der Waals surface area contributed by atoms with E-state index in [9.17, 15) is 0 Å². The zero-order chi connectivity index (χ0) is 8.27. The zero-order valence-electron chi connectivity index (χ0n) is 6.40. The smallest absolute Gasteiger partial charge is 0.0491 e. The number of hydrogen-bond acceptors (Lipinski definition) is 0. The number of aryl methyl sites for hydroxylation is 1. The van der Waals surface area contributed by atoms with Gasteiger partial charge in [0, 0.05) is 10.9 Å². The summed E-state index contributed by atoms with van der Waals surface area (Å²) in [5.41, 5.74) is 2.31. The molecule has 1 rings (SSSR count). The van der Waals surface area contributed by atoms with Crippen molar-refractivity contribution >= 4 is 23.2 Å². The molecule has 0 heterocycles. The highest BCUT2D eigenvalue weighted by Crippen LogP contribution is 2.21. The average molecular weight is 189 g/mol. The molecule has 0 aliphatic carbocycles. The summed E-state index contributed by atoms with van der Waals surface area (Å²) in [7, 11) is 0. The first kappa shape index (κ1) is 8.89. The Bertz CT molecular complexity index is 243. The lowest BCUT2D eigenvalue weighted by Crippen LogP contribution is -1.89. The summed E-state index contributed by atoms with van der Waals surface area (Å²) in [6.07, 6.45) is 0.989.